The molecule has 1 saturated heterocycles. The van der Waals surface area contributed by atoms with Gasteiger partial charge in [0.2, 0.25) is 0 Å². The Morgan fingerprint density at radius 3 is 2.44 bits per heavy atom. The maximum absolute atomic E-state index is 13.3. The normalized spacial score (nSPS) is 19.3. The van der Waals surface area contributed by atoms with Crippen molar-refractivity contribution in [2.24, 2.45) is 0 Å². The molecule has 1 N–H and O–H groups in total. The van der Waals surface area contributed by atoms with Crippen molar-refractivity contribution in [1.82, 2.24) is 10.2 Å². The van der Waals surface area contributed by atoms with Crippen molar-refractivity contribution in [2.45, 2.75) is 31.7 Å². The first-order chi connectivity index (χ1) is 13.1. The molecule has 5 nitrogen and oxygen atoms in total. The van der Waals surface area contributed by atoms with Crippen LogP contribution in [0.5, 0.6) is 5.75 Å². The summed E-state index contributed by atoms with van der Waals surface area (Å²) in [5, 5.41) is 2.85. The van der Waals surface area contributed by atoms with Gasteiger partial charge in [-0.25, -0.2) is 9.18 Å². The van der Waals surface area contributed by atoms with Gasteiger partial charge in [0.25, 0.3) is 5.91 Å². The number of carbonyl (C=O) groups excluding carboxylic acids is 2. The molecular weight excluding hydrogens is 347 g/mol. The largest absolute Gasteiger partial charge is 0.492 e. The Labute approximate surface area is 158 Å². The van der Waals surface area contributed by atoms with Crippen LogP contribution in [-0.4, -0.2) is 30.0 Å². The molecule has 3 amide bonds. The minimum atomic E-state index is -1.15. The standard InChI is InChI=1S/C21H23FN2O3/c1-2-3-13-21(16-9-11-17(22)12-10-16)19(25)24(20(26)23-21)14-15-27-18-7-5-4-6-8-18/h4-12H,2-3,13-15H2,1H3,(H,23,26). The number of ether oxygens (including phenoxy) is 1. The van der Waals surface area contributed by atoms with Crippen molar-refractivity contribution in [2.75, 3.05) is 13.2 Å². The Morgan fingerprint density at radius 2 is 1.78 bits per heavy atom. The van der Waals surface area contributed by atoms with Crippen molar-refractivity contribution in [3.63, 3.8) is 0 Å². The zero-order valence-corrected chi connectivity index (χ0v) is 15.3. The lowest BCUT2D eigenvalue weighted by atomic mass is 9.85. The third kappa shape index (κ3) is 3.94. The van der Waals surface area contributed by atoms with Crippen LogP contribution in [0.4, 0.5) is 9.18 Å². The average molecular weight is 370 g/mol. The van der Waals surface area contributed by atoms with Crippen LogP contribution in [0.15, 0.2) is 54.6 Å². The number of hydrogen-bond acceptors (Lipinski definition) is 3. The Bertz CT molecular complexity index is 795. The van der Waals surface area contributed by atoms with Crippen LogP contribution >= 0.6 is 0 Å². The highest BCUT2D eigenvalue weighted by atomic mass is 19.1. The van der Waals surface area contributed by atoms with E-state index in [1.54, 1.807) is 12.1 Å². The third-order valence-corrected chi connectivity index (χ3v) is 4.74. The summed E-state index contributed by atoms with van der Waals surface area (Å²) >= 11 is 0. The van der Waals surface area contributed by atoms with Gasteiger partial charge in [-0.15, -0.1) is 0 Å². The van der Waals surface area contributed by atoms with E-state index in [-0.39, 0.29) is 24.9 Å². The zero-order valence-electron chi connectivity index (χ0n) is 15.3. The lowest BCUT2D eigenvalue weighted by Gasteiger charge is -2.27. The van der Waals surface area contributed by atoms with Gasteiger partial charge in [-0.1, -0.05) is 50.1 Å². The number of benzene rings is 2. The fourth-order valence-electron chi connectivity index (χ4n) is 3.29. The van der Waals surface area contributed by atoms with E-state index in [4.69, 9.17) is 4.74 Å². The molecule has 2 aromatic carbocycles. The quantitative estimate of drug-likeness (QED) is 0.718. The zero-order chi connectivity index (χ0) is 19.3. The summed E-state index contributed by atoms with van der Waals surface area (Å²) in [7, 11) is 0. The molecule has 27 heavy (non-hydrogen) atoms. The number of hydrogen-bond donors (Lipinski definition) is 1. The lowest BCUT2D eigenvalue weighted by molar-refractivity contribution is -0.132. The molecule has 1 atom stereocenters. The average Bonchev–Trinajstić information content (AvgIpc) is 2.93. The van der Waals surface area contributed by atoms with Crippen LogP contribution in [0.3, 0.4) is 0 Å². The molecule has 0 aliphatic carbocycles. The maximum Gasteiger partial charge on any atom is 0.325 e. The van der Waals surface area contributed by atoms with Gasteiger partial charge in [0.1, 0.15) is 23.7 Å². The van der Waals surface area contributed by atoms with Gasteiger partial charge in [0.05, 0.1) is 6.54 Å². The SMILES string of the molecule is CCCCC1(c2ccc(F)cc2)NC(=O)N(CCOc2ccccc2)C1=O. The van der Waals surface area contributed by atoms with E-state index in [1.165, 1.54) is 17.0 Å². The first-order valence-corrected chi connectivity index (χ1v) is 9.15. The first kappa shape index (κ1) is 18.9. The number of rotatable bonds is 8. The van der Waals surface area contributed by atoms with E-state index in [0.29, 0.717) is 17.7 Å². The van der Waals surface area contributed by atoms with Crippen LogP contribution in [0, 0.1) is 5.82 Å². The van der Waals surface area contributed by atoms with Crippen LogP contribution in [0.2, 0.25) is 0 Å². The van der Waals surface area contributed by atoms with Crippen LogP contribution < -0.4 is 10.1 Å². The minimum absolute atomic E-state index is 0.147. The molecule has 1 unspecified atom stereocenters. The summed E-state index contributed by atoms with van der Waals surface area (Å²) in [6.07, 6.45) is 2.11. The summed E-state index contributed by atoms with van der Waals surface area (Å²) in [5.74, 6) is -0.0150. The highest BCUT2D eigenvalue weighted by molar-refractivity contribution is 6.07. The van der Waals surface area contributed by atoms with Crippen LogP contribution in [0.1, 0.15) is 31.7 Å². The lowest BCUT2D eigenvalue weighted by Crippen LogP contribution is -2.44. The van der Waals surface area contributed by atoms with Gasteiger partial charge in [0.15, 0.2) is 0 Å². The van der Waals surface area contributed by atoms with Crippen molar-refractivity contribution < 1.29 is 18.7 Å². The molecule has 0 spiro atoms. The van der Waals surface area contributed by atoms with Crippen molar-refractivity contribution in [1.29, 1.82) is 0 Å². The smallest absolute Gasteiger partial charge is 0.325 e. The molecule has 1 aliphatic rings. The monoisotopic (exact) mass is 370 g/mol. The second kappa shape index (κ2) is 8.20. The van der Waals surface area contributed by atoms with Crippen LogP contribution in [0.25, 0.3) is 0 Å². The van der Waals surface area contributed by atoms with Gasteiger partial charge < -0.3 is 10.1 Å². The van der Waals surface area contributed by atoms with Gasteiger partial charge in [-0.3, -0.25) is 9.69 Å². The molecule has 6 heteroatoms. The number of unbranched alkanes of at least 4 members (excludes halogenated alkanes) is 1. The van der Waals surface area contributed by atoms with Crippen molar-refractivity contribution in [3.8, 4) is 5.75 Å². The van der Waals surface area contributed by atoms with Crippen molar-refractivity contribution >= 4 is 11.9 Å². The number of amides is 3. The van der Waals surface area contributed by atoms with E-state index in [0.717, 1.165) is 12.8 Å². The van der Waals surface area contributed by atoms with E-state index in [9.17, 15) is 14.0 Å². The number of nitrogens with zero attached hydrogens (tertiary/aromatic N) is 1. The molecule has 0 bridgehead atoms. The molecule has 1 fully saturated rings. The molecule has 0 radical (unpaired) electrons. The summed E-state index contributed by atoms with van der Waals surface area (Å²) in [6.45, 7) is 2.37. The molecule has 0 aromatic heterocycles. The Morgan fingerprint density at radius 1 is 1.07 bits per heavy atom. The number of urea groups is 1. The van der Waals surface area contributed by atoms with Crippen molar-refractivity contribution in [3.05, 3.63) is 66.0 Å². The molecule has 2 aromatic rings. The summed E-state index contributed by atoms with van der Waals surface area (Å²) in [5.41, 5.74) is -0.546. The number of nitrogens with one attached hydrogen (secondary N) is 1. The number of carbonyl (C=O) groups is 2. The summed E-state index contributed by atoms with van der Waals surface area (Å²) in [4.78, 5) is 26.9. The third-order valence-electron chi connectivity index (χ3n) is 4.74. The van der Waals surface area contributed by atoms with E-state index >= 15 is 0 Å². The summed E-state index contributed by atoms with van der Waals surface area (Å²) in [6, 6.07) is 14.5. The molecule has 0 saturated carbocycles. The number of imide groups is 1. The second-order valence-corrected chi connectivity index (χ2v) is 6.56. The van der Waals surface area contributed by atoms with E-state index in [2.05, 4.69) is 5.32 Å². The number of para-hydroxylation sites is 1. The first-order valence-electron chi connectivity index (χ1n) is 9.15. The molecule has 1 heterocycles. The molecule has 142 valence electrons. The Balaban J connectivity index is 1.76. The maximum atomic E-state index is 13.3. The highest BCUT2D eigenvalue weighted by Gasteiger charge is 2.51. The fourth-order valence-corrected chi connectivity index (χ4v) is 3.29. The predicted octanol–water partition coefficient (Wildman–Crippen LogP) is 3.84. The molecule has 3 rings (SSSR count). The minimum Gasteiger partial charge on any atom is -0.492 e. The van der Waals surface area contributed by atoms with E-state index < -0.39 is 11.6 Å². The highest BCUT2D eigenvalue weighted by Crippen LogP contribution is 2.34. The van der Waals surface area contributed by atoms with Crippen LogP contribution in [-0.2, 0) is 10.3 Å². The van der Waals surface area contributed by atoms with E-state index in [1.807, 2.05) is 37.3 Å². The fraction of sp³-hybridized carbons (Fsp3) is 0.333. The van der Waals surface area contributed by atoms with Gasteiger partial charge in [0, 0.05) is 0 Å². The Kier molecular flexibility index (Phi) is 5.74. The Hall–Kier alpha value is -2.89. The second-order valence-electron chi connectivity index (χ2n) is 6.56. The van der Waals surface area contributed by atoms with Gasteiger partial charge in [-0.2, -0.15) is 0 Å². The topological polar surface area (TPSA) is 58.6 Å². The number of halogens is 1. The molecule has 1 aliphatic heterocycles. The van der Waals surface area contributed by atoms with Gasteiger partial charge in [-0.05, 0) is 36.2 Å². The summed E-state index contributed by atoms with van der Waals surface area (Å²) < 4.78 is 18.9. The van der Waals surface area contributed by atoms with Gasteiger partial charge >= 0.3 is 6.03 Å². The molecular formula is C21H23FN2O3. The predicted molar refractivity (Wildman–Crippen MR) is 99.8 cm³/mol.